The summed E-state index contributed by atoms with van der Waals surface area (Å²) in [6.07, 6.45) is 3.53. The standard InChI is InChI=1S/C19H19N3O2S/c1-3-6-16-17(13-8-10-14(24-2)11-9-13)21-19(25-16)22-18(23)15-7-4-5-12-20-15/h4-5,7-12H,3,6H2,1-2H3,(H,21,22,23). The predicted molar refractivity (Wildman–Crippen MR) is 100 cm³/mol. The molecule has 0 bridgehead atoms. The molecule has 0 unspecified atom stereocenters. The monoisotopic (exact) mass is 353 g/mol. The number of carbonyl (C=O) groups excluding carboxylic acids is 1. The molecule has 0 radical (unpaired) electrons. The van der Waals surface area contributed by atoms with Crippen molar-refractivity contribution >= 4 is 22.4 Å². The minimum absolute atomic E-state index is 0.251. The highest BCUT2D eigenvalue weighted by Crippen LogP contribution is 2.33. The van der Waals surface area contributed by atoms with Gasteiger partial charge in [-0.2, -0.15) is 0 Å². The van der Waals surface area contributed by atoms with Crippen LogP contribution in [-0.4, -0.2) is 23.0 Å². The number of methoxy groups -OCH3 is 1. The first kappa shape index (κ1) is 17.1. The number of nitrogens with zero attached hydrogens (tertiary/aromatic N) is 2. The second-order valence-corrected chi connectivity index (χ2v) is 6.52. The molecule has 0 aliphatic heterocycles. The molecular formula is C19H19N3O2S. The van der Waals surface area contributed by atoms with Crippen molar-refractivity contribution in [3.05, 3.63) is 59.2 Å². The number of thiazole rings is 1. The van der Waals surface area contributed by atoms with Crippen LogP contribution in [0.2, 0.25) is 0 Å². The number of rotatable bonds is 6. The SMILES string of the molecule is CCCc1sc(NC(=O)c2ccccn2)nc1-c1ccc(OC)cc1. The molecule has 0 saturated carbocycles. The summed E-state index contributed by atoms with van der Waals surface area (Å²) in [7, 11) is 1.64. The van der Waals surface area contributed by atoms with E-state index in [9.17, 15) is 4.79 Å². The number of pyridine rings is 1. The van der Waals surface area contributed by atoms with Crippen LogP contribution in [0.4, 0.5) is 5.13 Å². The highest BCUT2D eigenvalue weighted by atomic mass is 32.1. The molecule has 25 heavy (non-hydrogen) atoms. The van der Waals surface area contributed by atoms with Crippen LogP contribution in [0.3, 0.4) is 0 Å². The average Bonchev–Trinajstić information content (AvgIpc) is 3.05. The third-order valence-electron chi connectivity index (χ3n) is 3.66. The maximum atomic E-state index is 12.3. The molecule has 0 atom stereocenters. The third kappa shape index (κ3) is 4.03. The zero-order valence-corrected chi connectivity index (χ0v) is 15.0. The van der Waals surface area contributed by atoms with Gasteiger partial charge in [0.1, 0.15) is 11.4 Å². The number of hydrogen-bond acceptors (Lipinski definition) is 5. The Hall–Kier alpha value is -2.73. The van der Waals surface area contributed by atoms with Crippen molar-refractivity contribution in [1.29, 1.82) is 0 Å². The minimum Gasteiger partial charge on any atom is -0.497 e. The van der Waals surface area contributed by atoms with Crippen LogP contribution in [0, 0.1) is 0 Å². The van der Waals surface area contributed by atoms with Crippen LogP contribution in [0.1, 0.15) is 28.7 Å². The molecule has 6 heteroatoms. The first-order chi connectivity index (χ1) is 12.2. The number of carbonyl (C=O) groups is 1. The predicted octanol–water partition coefficient (Wildman–Crippen LogP) is 4.42. The zero-order chi connectivity index (χ0) is 17.6. The van der Waals surface area contributed by atoms with Crippen LogP contribution in [-0.2, 0) is 6.42 Å². The van der Waals surface area contributed by atoms with E-state index >= 15 is 0 Å². The van der Waals surface area contributed by atoms with E-state index in [1.165, 1.54) is 11.3 Å². The largest absolute Gasteiger partial charge is 0.497 e. The molecule has 0 aliphatic carbocycles. The first-order valence-electron chi connectivity index (χ1n) is 8.07. The van der Waals surface area contributed by atoms with Gasteiger partial charge < -0.3 is 4.74 Å². The summed E-state index contributed by atoms with van der Waals surface area (Å²) in [5, 5.41) is 3.44. The number of aryl methyl sites for hydroxylation is 1. The summed E-state index contributed by atoms with van der Waals surface area (Å²) in [6, 6.07) is 13.0. The van der Waals surface area contributed by atoms with Gasteiger partial charge in [0.15, 0.2) is 5.13 Å². The lowest BCUT2D eigenvalue weighted by Crippen LogP contribution is -2.13. The van der Waals surface area contributed by atoms with Gasteiger partial charge in [-0.1, -0.05) is 19.4 Å². The van der Waals surface area contributed by atoms with Gasteiger partial charge in [0.2, 0.25) is 0 Å². The molecule has 5 nitrogen and oxygen atoms in total. The second kappa shape index (κ2) is 7.90. The van der Waals surface area contributed by atoms with E-state index in [0.29, 0.717) is 10.8 Å². The summed E-state index contributed by atoms with van der Waals surface area (Å²) in [5.74, 6) is 0.554. The fourth-order valence-electron chi connectivity index (χ4n) is 2.43. The van der Waals surface area contributed by atoms with E-state index in [4.69, 9.17) is 4.74 Å². The van der Waals surface area contributed by atoms with Gasteiger partial charge in [0, 0.05) is 16.6 Å². The van der Waals surface area contributed by atoms with E-state index in [2.05, 4.69) is 22.2 Å². The Morgan fingerprint density at radius 2 is 2.00 bits per heavy atom. The van der Waals surface area contributed by atoms with Gasteiger partial charge in [0.05, 0.1) is 12.8 Å². The van der Waals surface area contributed by atoms with Crippen molar-refractivity contribution in [3.63, 3.8) is 0 Å². The van der Waals surface area contributed by atoms with E-state index in [1.54, 1.807) is 31.5 Å². The Morgan fingerprint density at radius 3 is 2.64 bits per heavy atom. The van der Waals surface area contributed by atoms with Gasteiger partial charge in [-0.15, -0.1) is 11.3 Å². The molecule has 3 rings (SSSR count). The highest BCUT2D eigenvalue weighted by Gasteiger charge is 2.15. The molecule has 0 saturated heterocycles. The van der Waals surface area contributed by atoms with Crippen molar-refractivity contribution < 1.29 is 9.53 Å². The number of benzene rings is 1. The topological polar surface area (TPSA) is 64.1 Å². The van der Waals surface area contributed by atoms with Gasteiger partial charge in [0.25, 0.3) is 5.91 Å². The van der Waals surface area contributed by atoms with Crippen LogP contribution in [0.25, 0.3) is 11.3 Å². The molecule has 1 amide bonds. The molecule has 1 N–H and O–H groups in total. The van der Waals surface area contributed by atoms with Crippen molar-refractivity contribution in [2.75, 3.05) is 12.4 Å². The Balaban J connectivity index is 1.87. The summed E-state index contributed by atoms with van der Waals surface area (Å²) < 4.78 is 5.21. The van der Waals surface area contributed by atoms with Crippen molar-refractivity contribution in [2.45, 2.75) is 19.8 Å². The summed E-state index contributed by atoms with van der Waals surface area (Å²) >= 11 is 1.51. The lowest BCUT2D eigenvalue weighted by molar-refractivity contribution is 0.102. The molecule has 2 heterocycles. The molecule has 2 aromatic heterocycles. The Bertz CT molecular complexity index is 845. The maximum absolute atomic E-state index is 12.3. The molecule has 0 aliphatic rings. The van der Waals surface area contributed by atoms with Gasteiger partial charge in [-0.25, -0.2) is 4.98 Å². The molecule has 1 aromatic carbocycles. The molecular weight excluding hydrogens is 334 g/mol. The molecule has 0 fully saturated rings. The fraction of sp³-hybridized carbons (Fsp3) is 0.211. The Labute approximate surface area is 150 Å². The second-order valence-electron chi connectivity index (χ2n) is 5.44. The van der Waals surface area contributed by atoms with E-state index in [0.717, 1.165) is 34.7 Å². The molecule has 128 valence electrons. The van der Waals surface area contributed by atoms with Gasteiger partial charge in [-0.05, 0) is 42.8 Å². The fourth-order valence-corrected chi connectivity index (χ4v) is 3.51. The summed E-state index contributed by atoms with van der Waals surface area (Å²) in [6.45, 7) is 2.13. The van der Waals surface area contributed by atoms with E-state index in [1.807, 2.05) is 24.3 Å². The molecule has 0 spiro atoms. The van der Waals surface area contributed by atoms with Crippen molar-refractivity contribution in [3.8, 4) is 17.0 Å². The number of hydrogen-bond donors (Lipinski definition) is 1. The van der Waals surface area contributed by atoms with Gasteiger partial charge >= 0.3 is 0 Å². The normalized spacial score (nSPS) is 10.5. The minimum atomic E-state index is -0.251. The number of amides is 1. The average molecular weight is 353 g/mol. The van der Waals surface area contributed by atoms with Crippen LogP contribution in [0.5, 0.6) is 5.75 Å². The van der Waals surface area contributed by atoms with Crippen LogP contribution in [0.15, 0.2) is 48.7 Å². The quantitative estimate of drug-likeness (QED) is 0.712. The Morgan fingerprint density at radius 1 is 1.20 bits per heavy atom. The highest BCUT2D eigenvalue weighted by molar-refractivity contribution is 7.16. The number of ether oxygens (including phenoxy) is 1. The lowest BCUT2D eigenvalue weighted by Gasteiger charge is -2.03. The summed E-state index contributed by atoms with van der Waals surface area (Å²) in [4.78, 5) is 22.2. The summed E-state index contributed by atoms with van der Waals surface area (Å²) in [5.41, 5.74) is 2.30. The van der Waals surface area contributed by atoms with Crippen molar-refractivity contribution in [2.24, 2.45) is 0 Å². The number of anilines is 1. The zero-order valence-electron chi connectivity index (χ0n) is 14.2. The number of nitrogens with one attached hydrogen (secondary N) is 1. The van der Waals surface area contributed by atoms with E-state index < -0.39 is 0 Å². The van der Waals surface area contributed by atoms with Crippen LogP contribution < -0.4 is 10.1 Å². The Kier molecular flexibility index (Phi) is 5.40. The van der Waals surface area contributed by atoms with E-state index in [-0.39, 0.29) is 5.91 Å². The maximum Gasteiger partial charge on any atom is 0.276 e. The third-order valence-corrected chi connectivity index (χ3v) is 4.69. The lowest BCUT2D eigenvalue weighted by atomic mass is 10.1. The van der Waals surface area contributed by atoms with Gasteiger partial charge in [-0.3, -0.25) is 15.1 Å². The van der Waals surface area contributed by atoms with Crippen LogP contribution >= 0.6 is 11.3 Å². The number of aromatic nitrogens is 2. The van der Waals surface area contributed by atoms with Crippen molar-refractivity contribution in [1.82, 2.24) is 9.97 Å². The smallest absolute Gasteiger partial charge is 0.276 e. The molecule has 3 aromatic rings. The first-order valence-corrected chi connectivity index (χ1v) is 8.89.